The van der Waals surface area contributed by atoms with E-state index in [2.05, 4.69) is 31.4 Å². The molecule has 0 aliphatic carbocycles. The highest BCUT2D eigenvalue weighted by molar-refractivity contribution is 4.66. The molecule has 2 atom stereocenters. The summed E-state index contributed by atoms with van der Waals surface area (Å²) in [4.78, 5) is 0. The Bertz CT molecular complexity index is 73.7. The maximum absolute atomic E-state index is 3.37. The first kappa shape index (κ1) is 9.92. The van der Waals surface area contributed by atoms with Crippen LogP contribution in [0.5, 0.6) is 0 Å². The number of hydrogen-bond donors (Lipinski definition) is 2. The highest BCUT2D eigenvalue weighted by atomic mass is 14.9. The Morgan fingerprint density at radius 3 is 2.20 bits per heavy atom. The summed E-state index contributed by atoms with van der Waals surface area (Å²) in [6, 6.07) is 1.25. The van der Waals surface area contributed by atoms with Crippen LogP contribution in [0, 0.1) is 0 Å². The van der Waals surface area contributed by atoms with E-state index in [1.54, 1.807) is 0 Å². The Hall–Kier alpha value is -0.0800. The Morgan fingerprint density at radius 2 is 1.80 bits per heavy atom. The second-order valence-corrected chi connectivity index (χ2v) is 2.88. The summed E-state index contributed by atoms with van der Waals surface area (Å²) in [5.41, 5.74) is 0. The number of rotatable bonds is 5. The van der Waals surface area contributed by atoms with Crippen LogP contribution in [0.4, 0.5) is 0 Å². The molecule has 0 saturated carbocycles. The lowest BCUT2D eigenvalue weighted by Crippen LogP contribution is -2.33. The van der Waals surface area contributed by atoms with E-state index in [4.69, 9.17) is 0 Å². The van der Waals surface area contributed by atoms with Crippen molar-refractivity contribution in [1.29, 1.82) is 0 Å². The monoisotopic (exact) mass is 144 g/mol. The van der Waals surface area contributed by atoms with Crippen molar-refractivity contribution < 1.29 is 0 Å². The van der Waals surface area contributed by atoms with Crippen LogP contribution >= 0.6 is 0 Å². The molecule has 0 aliphatic rings. The first-order valence-corrected chi connectivity index (χ1v) is 4.11. The predicted octanol–water partition coefficient (Wildman–Crippen LogP) is 0.982. The van der Waals surface area contributed by atoms with Crippen LogP contribution < -0.4 is 10.6 Å². The number of nitrogens with one attached hydrogen (secondary N) is 2. The normalized spacial score (nSPS) is 16.8. The summed E-state index contributed by atoms with van der Waals surface area (Å²) in [5, 5.41) is 6.58. The van der Waals surface area contributed by atoms with Gasteiger partial charge in [-0.25, -0.2) is 0 Å². The van der Waals surface area contributed by atoms with Crippen LogP contribution in [0.15, 0.2) is 0 Å². The van der Waals surface area contributed by atoms with E-state index in [0.717, 1.165) is 6.54 Å². The molecule has 2 nitrogen and oxygen atoms in total. The van der Waals surface area contributed by atoms with E-state index >= 15 is 0 Å². The average molecular weight is 144 g/mol. The lowest BCUT2D eigenvalue weighted by Gasteiger charge is -2.16. The first-order chi connectivity index (χ1) is 4.70. The van der Waals surface area contributed by atoms with Crippen molar-refractivity contribution in [3.63, 3.8) is 0 Å². The molecule has 10 heavy (non-hydrogen) atoms. The Morgan fingerprint density at radius 1 is 1.20 bits per heavy atom. The van der Waals surface area contributed by atoms with Crippen molar-refractivity contribution in [3.8, 4) is 0 Å². The molecule has 0 rings (SSSR count). The molecule has 0 aromatic heterocycles. The Balaban J connectivity index is 3.27. The van der Waals surface area contributed by atoms with Gasteiger partial charge in [0.25, 0.3) is 0 Å². The van der Waals surface area contributed by atoms with E-state index in [1.165, 1.54) is 6.42 Å². The van der Waals surface area contributed by atoms with Gasteiger partial charge in [-0.3, -0.25) is 0 Å². The van der Waals surface area contributed by atoms with Crippen LogP contribution in [-0.4, -0.2) is 25.7 Å². The molecule has 2 unspecified atom stereocenters. The fraction of sp³-hybridized carbons (Fsp3) is 1.00. The van der Waals surface area contributed by atoms with Crippen LogP contribution in [0.1, 0.15) is 27.2 Å². The molecular formula is C8H20N2. The van der Waals surface area contributed by atoms with Crippen LogP contribution in [0.25, 0.3) is 0 Å². The summed E-state index contributed by atoms with van der Waals surface area (Å²) in [5.74, 6) is 0. The zero-order valence-corrected chi connectivity index (χ0v) is 7.57. The lowest BCUT2D eigenvalue weighted by atomic mass is 10.1. The van der Waals surface area contributed by atoms with Gasteiger partial charge in [0.15, 0.2) is 0 Å². The van der Waals surface area contributed by atoms with Gasteiger partial charge in [-0.05, 0) is 33.9 Å². The fourth-order valence-electron chi connectivity index (χ4n) is 1.08. The second kappa shape index (κ2) is 5.69. The lowest BCUT2D eigenvalue weighted by molar-refractivity contribution is 0.453. The largest absolute Gasteiger partial charge is 0.317 e. The molecule has 0 bridgehead atoms. The molecule has 0 saturated heterocycles. The number of hydrogen-bond acceptors (Lipinski definition) is 2. The first-order valence-electron chi connectivity index (χ1n) is 4.11. The van der Waals surface area contributed by atoms with Gasteiger partial charge >= 0.3 is 0 Å². The van der Waals surface area contributed by atoms with E-state index < -0.39 is 0 Å². The molecular weight excluding hydrogens is 124 g/mol. The summed E-state index contributed by atoms with van der Waals surface area (Å²) in [6.45, 7) is 7.63. The fourth-order valence-corrected chi connectivity index (χ4v) is 1.08. The summed E-state index contributed by atoms with van der Waals surface area (Å²) < 4.78 is 0. The van der Waals surface area contributed by atoms with E-state index in [-0.39, 0.29) is 0 Å². The quantitative estimate of drug-likeness (QED) is 0.601. The van der Waals surface area contributed by atoms with E-state index in [1.807, 2.05) is 7.05 Å². The summed E-state index contributed by atoms with van der Waals surface area (Å²) >= 11 is 0. The molecule has 0 aromatic rings. The van der Waals surface area contributed by atoms with Gasteiger partial charge in [-0.2, -0.15) is 0 Å². The molecule has 0 amide bonds. The minimum absolute atomic E-state index is 0.619. The molecule has 2 heteroatoms. The average Bonchev–Trinajstić information content (AvgIpc) is 1.88. The molecule has 0 aliphatic heterocycles. The summed E-state index contributed by atoms with van der Waals surface area (Å²) in [6.07, 6.45) is 1.20. The molecule has 62 valence electrons. The van der Waals surface area contributed by atoms with Gasteiger partial charge in [0.05, 0.1) is 0 Å². The third-order valence-electron chi connectivity index (χ3n) is 1.75. The van der Waals surface area contributed by atoms with Crippen molar-refractivity contribution in [2.24, 2.45) is 0 Å². The Labute approximate surface area is 64.4 Å². The molecule has 0 heterocycles. The molecule has 0 spiro atoms. The minimum Gasteiger partial charge on any atom is -0.317 e. The van der Waals surface area contributed by atoms with Crippen molar-refractivity contribution in [2.45, 2.75) is 39.3 Å². The second-order valence-electron chi connectivity index (χ2n) is 2.88. The van der Waals surface area contributed by atoms with Crippen molar-refractivity contribution in [1.82, 2.24) is 10.6 Å². The minimum atomic E-state index is 0.619. The van der Waals surface area contributed by atoms with Gasteiger partial charge < -0.3 is 10.6 Å². The predicted molar refractivity (Wildman–Crippen MR) is 46.3 cm³/mol. The zero-order chi connectivity index (χ0) is 7.98. The summed E-state index contributed by atoms with van der Waals surface area (Å²) in [7, 11) is 2.00. The smallest absolute Gasteiger partial charge is 0.00533 e. The maximum atomic E-state index is 3.37. The van der Waals surface area contributed by atoms with Crippen LogP contribution in [-0.2, 0) is 0 Å². The Kier molecular flexibility index (Phi) is 5.64. The van der Waals surface area contributed by atoms with E-state index in [0.29, 0.717) is 12.1 Å². The van der Waals surface area contributed by atoms with Gasteiger partial charge in [-0.15, -0.1) is 0 Å². The highest BCUT2D eigenvalue weighted by Gasteiger charge is 2.03. The van der Waals surface area contributed by atoms with E-state index in [9.17, 15) is 0 Å². The molecule has 2 N–H and O–H groups in total. The third kappa shape index (κ3) is 4.77. The van der Waals surface area contributed by atoms with Crippen molar-refractivity contribution in [3.05, 3.63) is 0 Å². The maximum Gasteiger partial charge on any atom is 0.00533 e. The van der Waals surface area contributed by atoms with Gasteiger partial charge in [0.1, 0.15) is 0 Å². The van der Waals surface area contributed by atoms with Crippen LogP contribution in [0.3, 0.4) is 0 Å². The standard InChI is InChI=1S/C8H20N2/c1-5-10-8(3)6-7(2)9-4/h7-10H,5-6H2,1-4H3. The topological polar surface area (TPSA) is 24.1 Å². The molecule has 0 fully saturated rings. The van der Waals surface area contributed by atoms with Crippen molar-refractivity contribution >= 4 is 0 Å². The van der Waals surface area contributed by atoms with Gasteiger partial charge in [0.2, 0.25) is 0 Å². The zero-order valence-electron chi connectivity index (χ0n) is 7.57. The van der Waals surface area contributed by atoms with Gasteiger partial charge in [-0.1, -0.05) is 6.92 Å². The highest BCUT2D eigenvalue weighted by Crippen LogP contribution is 1.95. The SMILES string of the molecule is CCNC(C)CC(C)NC. The third-order valence-corrected chi connectivity index (χ3v) is 1.75. The van der Waals surface area contributed by atoms with Gasteiger partial charge in [0, 0.05) is 12.1 Å². The molecule has 0 aromatic carbocycles. The van der Waals surface area contributed by atoms with Crippen LogP contribution in [0.2, 0.25) is 0 Å². The molecule has 0 radical (unpaired) electrons. The van der Waals surface area contributed by atoms with Crippen molar-refractivity contribution in [2.75, 3.05) is 13.6 Å².